The van der Waals surface area contributed by atoms with Gasteiger partial charge in [0.15, 0.2) is 5.82 Å². The molecule has 1 amide bonds. The number of nitrogens with zero attached hydrogens (tertiary/aromatic N) is 5. The summed E-state index contributed by atoms with van der Waals surface area (Å²) in [4.78, 5) is 22.9. The molecular weight excluding hydrogens is 406 g/mol. The van der Waals surface area contributed by atoms with Gasteiger partial charge in [0.05, 0.1) is 12.1 Å². The first-order valence-corrected chi connectivity index (χ1v) is 11.2. The van der Waals surface area contributed by atoms with Gasteiger partial charge < -0.3 is 9.80 Å². The Balaban J connectivity index is 1.37. The van der Waals surface area contributed by atoms with Crippen LogP contribution in [-0.4, -0.2) is 32.1 Å². The van der Waals surface area contributed by atoms with E-state index in [1.807, 2.05) is 28.2 Å². The Morgan fingerprint density at radius 1 is 1.24 bits per heavy atom. The highest BCUT2D eigenvalue weighted by Crippen LogP contribution is 2.47. The number of hydrogen-bond donors (Lipinski definition) is 0. The highest BCUT2D eigenvalue weighted by atomic mass is 35.5. The summed E-state index contributed by atoms with van der Waals surface area (Å²) in [7, 11) is 0. The molecule has 0 atom stereocenters. The van der Waals surface area contributed by atoms with Crippen LogP contribution in [0.25, 0.3) is 11.4 Å². The minimum Gasteiger partial charge on any atom is -0.339 e. The monoisotopic (exact) mass is 425 g/mol. The molecule has 1 aliphatic carbocycles. The van der Waals surface area contributed by atoms with Crippen molar-refractivity contribution in [1.29, 1.82) is 0 Å². The minimum atomic E-state index is 0.274. The molecule has 6 rings (SSSR count). The second kappa shape index (κ2) is 6.57. The molecule has 1 saturated carbocycles. The van der Waals surface area contributed by atoms with E-state index in [0.717, 1.165) is 49.7 Å². The number of thiophene rings is 1. The number of carbonyl (C=O) groups is 1. The topological polar surface area (TPSA) is 54.3 Å². The van der Waals surface area contributed by atoms with Gasteiger partial charge in [-0.15, -0.1) is 11.3 Å². The van der Waals surface area contributed by atoms with E-state index in [0.29, 0.717) is 12.6 Å². The lowest BCUT2D eigenvalue weighted by atomic mass is 10.0. The molecule has 29 heavy (non-hydrogen) atoms. The molecule has 0 spiro atoms. The summed E-state index contributed by atoms with van der Waals surface area (Å²) in [6.45, 7) is 2.99. The van der Waals surface area contributed by atoms with Crippen molar-refractivity contribution in [3.8, 4) is 11.4 Å². The molecule has 4 heterocycles. The molecule has 0 N–H and O–H groups in total. The zero-order valence-electron chi connectivity index (χ0n) is 15.8. The van der Waals surface area contributed by atoms with Crippen molar-refractivity contribution < 1.29 is 4.79 Å². The smallest absolute Gasteiger partial charge is 0.226 e. The molecule has 1 fully saturated rings. The minimum absolute atomic E-state index is 0.274. The summed E-state index contributed by atoms with van der Waals surface area (Å²) in [6, 6.07) is 8.01. The molecule has 1 aromatic carbocycles. The molecule has 148 valence electrons. The van der Waals surface area contributed by atoms with E-state index < -0.39 is 0 Å². The predicted octanol–water partition coefficient (Wildman–Crippen LogP) is 3.93. The number of halogens is 1. The Morgan fingerprint density at radius 3 is 2.86 bits per heavy atom. The van der Waals surface area contributed by atoms with Crippen molar-refractivity contribution in [3.63, 3.8) is 0 Å². The molecule has 0 saturated heterocycles. The number of aromatic nitrogens is 3. The molecule has 0 unspecified atom stereocenters. The maximum atomic E-state index is 12.6. The Hall–Kier alpha value is -2.38. The van der Waals surface area contributed by atoms with E-state index in [2.05, 4.69) is 32.0 Å². The fraction of sp³-hybridized carbons (Fsp3) is 0.381. The second-order valence-electron chi connectivity index (χ2n) is 8.02. The molecule has 2 aliphatic heterocycles. The zero-order chi connectivity index (χ0) is 19.5. The molecule has 3 aromatic rings. The Kier molecular flexibility index (Phi) is 3.96. The quantitative estimate of drug-likeness (QED) is 0.638. The van der Waals surface area contributed by atoms with Crippen molar-refractivity contribution in [2.45, 2.75) is 39.0 Å². The number of benzene rings is 1. The number of anilines is 1. The number of amides is 1. The molecule has 0 radical (unpaired) electrons. The van der Waals surface area contributed by atoms with Gasteiger partial charge in [0.1, 0.15) is 18.0 Å². The van der Waals surface area contributed by atoms with Gasteiger partial charge in [-0.25, -0.2) is 9.67 Å². The molecule has 2 aromatic heterocycles. The van der Waals surface area contributed by atoms with Crippen LogP contribution in [0, 0.1) is 5.92 Å². The number of fused-ring (bicyclic) bond motifs is 5. The molecule has 0 bridgehead atoms. The third-order valence-electron chi connectivity index (χ3n) is 5.99. The number of carbonyl (C=O) groups excluding carboxylic acids is 1. The van der Waals surface area contributed by atoms with E-state index in [1.165, 1.54) is 26.6 Å². The van der Waals surface area contributed by atoms with E-state index in [4.69, 9.17) is 11.6 Å². The number of hydrogen-bond acceptors (Lipinski definition) is 5. The fourth-order valence-corrected chi connectivity index (χ4v) is 5.81. The first-order valence-electron chi connectivity index (χ1n) is 9.98. The van der Waals surface area contributed by atoms with Crippen LogP contribution in [0.3, 0.4) is 0 Å². The van der Waals surface area contributed by atoms with Crippen LogP contribution in [0.15, 0.2) is 30.6 Å². The first-order chi connectivity index (χ1) is 14.2. The summed E-state index contributed by atoms with van der Waals surface area (Å²) < 4.78 is 1.98. The largest absolute Gasteiger partial charge is 0.339 e. The van der Waals surface area contributed by atoms with Gasteiger partial charge >= 0.3 is 0 Å². The molecule has 8 heteroatoms. The van der Waals surface area contributed by atoms with Crippen molar-refractivity contribution >= 4 is 33.8 Å². The Bertz CT molecular complexity index is 1100. The maximum absolute atomic E-state index is 12.6. The van der Waals surface area contributed by atoms with E-state index in [-0.39, 0.29) is 5.92 Å². The normalized spacial score (nSPS) is 17.7. The average Bonchev–Trinajstić information content (AvgIpc) is 3.35. The Labute approximate surface area is 177 Å². The number of rotatable bonds is 3. The Morgan fingerprint density at radius 2 is 2.07 bits per heavy atom. The summed E-state index contributed by atoms with van der Waals surface area (Å²) in [6.07, 6.45) is 4.64. The maximum Gasteiger partial charge on any atom is 0.226 e. The summed E-state index contributed by atoms with van der Waals surface area (Å²) in [5.41, 5.74) is 3.77. The van der Waals surface area contributed by atoms with Gasteiger partial charge in [0.25, 0.3) is 0 Å². The summed E-state index contributed by atoms with van der Waals surface area (Å²) in [5, 5.41) is 6.44. The SMILES string of the molecule is O=C(C1CC1)N1CCc2c(sc3c2-c2ncnn2CN3Cc2ccc(Cl)cc2)C1. The van der Waals surface area contributed by atoms with Gasteiger partial charge in [0.2, 0.25) is 5.91 Å². The van der Waals surface area contributed by atoms with Crippen molar-refractivity contribution in [3.05, 3.63) is 51.6 Å². The van der Waals surface area contributed by atoms with Crippen LogP contribution >= 0.6 is 22.9 Å². The van der Waals surface area contributed by atoms with Crippen molar-refractivity contribution in [2.24, 2.45) is 5.92 Å². The second-order valence-corrected chi connectivity index (χ2v) is 9.54. The summed E-state index contributed by atoms with van der Waals surface area (Å²) >= 11 is 7.87. The molecular formula is C21H20ClN5OS. The van der Waals surface area contributed by atoms with Crippen LogP contribution in [0.2, 0.25) is 5.02 Å². The van der Waals surface area contributed by atoms with Gasteiger partial charge in [-0.1, -0.05) is 23.7 Å². The lowest BCUT2D eigenvalue weighted by Crippen LogP contribution is -2.36. The van der Waals surface area contributed by atoms with Crippen molar-refractivity contribution in [1.82, 2.24) is 19.7 Å². The van der Waals surface area contributed by atoms with Gasteiger partial charge in [-0.3, -0.25) is 4.79 Å². The van der Waals surface area contributed by atoms with Gasteiger partial charge in [0, 0.05) is 28.9 Å². The highest BCUT2D eigenvalue weighted by molar-refractivity contribution is 7.17. The van der Waals surface area contributed by atoms with Crippen LogP contribution in [0.1, 0.15) is 28.8 Å². The lowest BCUT2D eigenvalue weighted by Gasteiger charge is -2.30. The highest BCUT2D eigenvalue weighted by Gasteiger charge is 2.38. The third-order valence-corrected chi connectivity index (χ3v) is 7.52. The van der Waals surface area contributed by atoms with Gasteiger partial charge in [-0.05, 0) is 42.5 Å². The average molecular weight is 426 g/mol. The van der Waals surface area contributed by atoms with Crippen LogP contribution in [-0.2, 0) is 31.0 Å². The van der Waals surface area contributed by atoms with Crippen molar-refractivity contribution in [2.75, 3.05) is 11.4 Å². The summed E-state index contributed by atoms with van der Waals surface area (Å²) in [5.74, 6) is 1.56. The predicted molar refractivity (Wildman–Crippen MR) is 113 cm³/mol. The standard InChI is InChI=1S/C21H20ClN5OS/c22-15-5-1-13(2-6-15)9-26-12-27-19(23-11-24-27)18-16-7-8-25(20(28)14-3-4-14)10-17(16)29-21(18)26/h1-2,5-6,11,14H,3-4,7-10,12H2. The molecule has 3 aliphatic rings. The fourth-order valence-electron chi connectivity index (χ4n) is 4.34. The lowest BCUT2D eigenvalue weighted by molar-refractivity contribution is -0.133. The molecule has 6 nitrogen and oxygen atoms in total. The van der Waals surface area contributed by atoms with Crippen LogP contribution in [0.4, 0.5) is 5.00 Å². The van der Waals surface area contributed by atoms with Crippen LogP contribution in [0.5, 0.6) is 0 Å². The van der Waals surface area contributed by atoms with E-state index in [9.17, 15) is 4.79 Å². The van der Waals surface area contributed by atoms with E-state index >= 15 is 0 Å². The van der Waals surface area contributed by atoms with Crippen LogP contribution < -0.4 is 4.90 Å². The first kappa shape index (κ1) is 17.5. The third kappa shape index (κ3) is 2.95. The van der Waals surface area contributed by atoms with E-state index in [1.54, 1.807) is 6.33 Å². The zero-order valence-corrected chi connectivity index (χ0v) is 17.4. The van der Waals surface area contributed by atoms with Gasteiger partial charge in [-0.2, -0.15) is 5.10 Å².